The molecule has 0 aliphatic carbocycles. The lowest BCUT2D eigenvalue weighted by Gasteiger charge is -2.21. The summed E-state index contributed by atoms with van der Waals surface area (Å²) >= 11 is 0. The van der Waals surface area contributed by atoms with Gasteiger partial charge in [0.2, 0.25) is 0 Å². The number of ether oxygens (including phenoxy) is 4. The van der Waals surface area contributed by atoms with Crippen LogP contribution in [0.4, 0.5) is 0 Å². The molecule has 0 bridgehead atoms. The first-order chi connectivity index (χ1) is 49.5. The molecule has 0 rings (SSSR count). The molecular formula is C83H154O17P2. The molecule has 598 valence electrons. The summed E-state index contributed by atoms with van der Waals surface area (Å²) in [7, 11) is -9.94. The van der Waals surface area contributed by atoms with E-state index in [1.165, 1.54) is 180 Å². The molecule has 0 aromatic heterocycles. The third-order valence-electron chi connectivity index (χ3n) is 18.3. The van der Waals surface area contributed by atoms with Gasteiger partial charge < -0.3 is 33.8 Å². The summed E-state index contributed by atoms with van der Waals surface area (Å²) in [5, 5.41) is 10.6. The van der Waals surface area contributed by atoms with Crippen molar-refractivity contribution >= 4 is 39.5 Å². The zero-order valence-corrected chi connectivity index (χ0v) is 67.5. The number of esters is 4. The SMILES string of the molecule is CCCCCC/C=C\C=C/CCCCCCCC(=O)OC[C@H](COP(=O)(O)OC[C@@H](O)COP(=O)(O)OC[C@@H](COC(=O)CCCCCCCCCC(C)C)OC(=O)CCCCCCC/C=C\C=C/CCCCCC)OC(=O)CCCCCCCCCCCCCCCCCCCCCCCC. The molecule has 2 unspecified atom stereocenters. The van der Waals surface area contributed by atoms with E-state index in [1.807, 2.05) is 0 Å². The second-order valence-corrected chi connectivity index (χ2v) is 31.9. The third kappa shape index (κ3) is 75.3. The number of aliphatic hydroxyl groups is 1. The van der Waals surface area contributed by atoms with Crippen LogP contribution in [0.1, 0.15) is 394 Å². The number of carbonyl (C=O) groups is 4. The predicted molar refractivity (Wildman–Crippen MR) is 418 cm³/mol. The first kappa shape index (κ1) is 99.0. The number of carbonyl (C=O) groups excluding carboxylic acids is 4. The maximum atomic E-state index is 13.1. The van der Waals surface area contributed by atoms with Crippen LogP contribution in [0.2, 0.25) is 0 Å². The monoisotopic (exact) mass is 1490 g/mol. The van der Waals surface area contributed by atoms with E-state index in [0.717, 1.165) is 128 Å². The number of phosphoric acid groups is 2. The zero-order valence-electron chi connectivity index (χ0n) is 65.7. The molecule has 3 N–H and O–H groups in total. The molecule has 0 aliphatic rings. The predicted octanol–water partition coefficient (Wildman–Crippen LogP) is 24.3. The second-order valence-electron chi connectivity index (χ2n) is 29.0. The maximum Gasteiger partial charge on any atom is 0.472 e. The fourth-order valence-corrected chi connectivity index (χ4v) is 13.4. The molecule has 0 aromatic rings. The quantitative estimate of drug-likeness (QED) is 0.0169. The molecule has 5 atom stereocenters. The Balaban J connectivity index is 5.27. The van der Waals surface area contributed by atoms with Gasteiger partial charge in [0.15, 0.2) is 12.2 Å². The Labute approximate surface area is 623 Å². The van der Waals surface area contributed by atoms with Crippen LogP contribution in [0.3, 0.4) is 0 Å². The van der Waals surface area contributed by atoms with Crippen molar-refractivity contribution in [2.24, 2.45) is 5.92 Å². The molecular weight excluding hydrogens is 1330 g/mol. The number of allylic oxidation sites excluding steroid dienone is 8. The number of aliphatic hydroxyl groups excluding tert-OH is 1. The summed E-state index contributed by atoms with van der Waals surface area (Å²) in [6.45, 7) is 7.14. The first-order valence-electron chi connectivity index (χ1n) is 41.8. The van der Waals surface area contributed by atoms with Crippen molar-refractivity contribution in [3.05, 3.63) is 48.6 Å². The van der Waals surface area contributed by atoms with Gasteiger partial charge in [0.1, 0.15) is 19.3 Å². The number of hydrogen-bond acceptors (Lipinski definition) is 15. The van der Waals surface area contributed by atoms with Gasteiger partial charge in [-0.05, 0) is 83.0 Å². The van der Waals surface area contributed by atoms with Crippen LogP contribution in [0, 0.1) is 5.92 Å². The lowest BCUT2D eigenvalue weighted by molar-refractivity contribution is -0.161. The number of unbranched alkanes of at least 4 members (excludes halogenated alkanes) is 45. The molecule has 0 spiro atoms. The molecule has 19 heteroatoms. The highest BCUT2D eigenvalue weighted by Crippen LogP contribution is 2.45. The Kier molecular flexibility index (Phi) is 72.7. The van der Waals surface area contributed by atoms with Crippen molar-refractivity contribution in [2.45, 2.75) is 412 Å². The van der Waals surface area contributed by atoms with Gasteiger partial charge in [0.25, 0.3) is 0 Å². The van der Waals surface area contributed by atoms with Crippen molar-refractivity contribution in [2.75, 3.05) is 39.6 Å². The topological polar surface area (TPSA) is 237 Å². The third-order valence-corrected chi connectivity index (χ3v) is 20.2. The van der Waals surface area contributed by atoms with Gasteiger partial charge in [0, 0.05) is 25.7 Å². The van der Waals surface area contributed by atoms with Gasteiger partial charge in [-0.2, -0.15) is 0 Å². The van der Waals surface area contributed by atoms with E-state index in [9.17, 15) is 43.2 Å². The number of hydrogen-bond donors (Lipinski definition) is 3. The van der Waals surface area contributed by atoms with Crippen molar-refractivity contribution in [1.82, 2.24) is 0 Å². The molecule has 0 saturated heterocycles. The van der Waals surface area contributed by atoms with E-state index in [0.29, 0.717) is 31.6 Å². The van der Waals surface area contributed by atoms with Crippen LogP contribution >= 0.6 is 15.6 Å². The second kappa shape index (κ2) is 74.9. The molecule has 0 saturated carbocycles. The minimum atomic E-state index is -4.97. The average molecular weight is 1490 g/mol. The normalized spacial score (nSPS) is 14.1. The van der Waals surface area contributed by atoms with Crippen LogP contribution in [-0.4, -0.2) is 96.7 Å². The molecule has 0 fully saturated rings. The molecule has 0 amide bonds. The van der Waals surface area contributed by atoms with E-state index < -0.39 is 97.5 Å². The first-order valence-corrected chi connectivity index (χ1v) is 44.8. The Bertz CT molecular complexity index is 2130. The standard InChI is InChI=1S/C83H154O17P2/c1-6-9-12-15-18-21-24-27-30-31-32-33-34-35-36-39-42-45-48-53-59-64-69-82(87)99-78(72-93-80(85)66-61-56-51-46-43-40-37-28-25-22-19-16-13-10-7-2)74-97-101(89,90)95-70-77(84)71-96-102(91,92)98-75-79(73-94-81(86)67-62-57-54-49-50-55-60-65-76(4)5)100-83(88)68-63-58-52-47-44-41-38-29-26-23-20-17-14-11-8-3/h22-23,25-26,28-29,37-38,76-79,84H,6-21,24,27,30-36,39-75H2,1-5H3,(H,89,90)(H,91,92)/b25-22-,26-23-,37-28-,38-29-/t77-,78-,79-/m1/s1. The van der Waals surface area contributed by atoms with Crippen LogP contribution < -0.4 is 0 Å². The van der Waals surface area contributed by atoms with Crippen LogP contribution in [0.25, 0.3) is 0 Å². The lowest BCUT2D eigenvalue weighted by Crippen LogP contribution is -2.30. The van der Waals surface area contributed by atoms with Crippen LogP contribution in [-0.2, 0) is 65.4 Å². The minimum Gasteiger partial charge on any atom is -0.462 e. The molecule has 0 radical (unpaired) electrons. The Morgan fingerprint density at radius 1 is 0.304 bits per heavy atom. The summed E-state index contributed by atoms with van der Waals surface area (Å²) in [5.74, 6) is -1.47. The molecule has 0 aliphatic heterocycles. The summed E-state index contributed by atoms with van der Waals surface area (Å²) in [6.07, 6.45) is 72.6. The van der Waals surface area contributed by atoms with Gasteiger partial charge in [-0.15, -0.1) is 0 Å². The lowest BCUT2D eigenvalue weighted by atomic mass is 10.0. The summed E-state index contributed by atoms with van der Waals surface area (Å²) in [6, 6.07) is 0. The Morgan fingerprint density at radius 3 is 0.804 bits per heavy atom. The van der Waals surface area contributed by atoms with Crippen LogP contribution in [0.5, 0.6) is 0 Å². The summed E-state index contributed by atoms with van der Waals surface area (Å²) < 4.78 is 68.6. The highest BCUT2D eigenvalue weighted by atomic mass is 31.2. The fraction of sp³-hybridized carbons (Fsp3) is 0.855. The van der Waals surface area contributed by atoms with E-state index in [4.69, 9.17) is 37.0 Å². The molecule has 0 aromatic carbocycles. The van der Waals surface area contributed by atoms with E-state index >= 15 is 0 Å². The summed E-state index contributed by atoms with van der Waals surface area (Å²) in [5.41, 5.74) is 0. The van der Waals surface area contributed by atoms with Crippen molar-refractivity contribution in [1.29, 1.82) is 0 Å². The van der Waals surface area contributed by atoms with Crippen molar-refractivity contribution < 1.29 is 80.2 Å². The van der Waals surface area contributed by atoms with Gasteiger partial charge in [0.05, 0.1) is 26.4 Å². The van der Waals surface area contributed by atoms with Crippen LogP contribution in [0.15, 0.2) is 48.6 Å². The van der Waals surface area contributed by atoms with E-state index in [1.54, 1.807) is 0 Å². The molecule has 0 heterocycles. The highest BCUT2D eigenvalue weighted by molar-refractivity contribution is 7.47. The Morgan fingerprint density at radius 2 is 0.529 bits per heavy atom. The maximum absolute atomic E-state index is 13.1. The summed E-state index contributed by atoms with van der Waals surface area (Å²) in [4.78, 5) is 73.0. The minimum absolute atomic E-state index is 0.0822. The van der Waals surface area contributed by atoms with E-state index in [2.05, 4.69) is 83.2 Å². The smallest absolute Gasteiger partial charge is 0.462 e. The van der Waals surface area contributed by atoms with Gasteiger partial charge in [-0.25, -0.2) is 9.13 Å². The van der Waals surface area contributed by atoms with Crippen molar-refractivity contribution in [3.8, 4) is 0 Å². The Hall–Kier alpha value is -2.98. The largest absolute Gasteiger partial charge is 0.472 e. The van der Waals surface area contributed by atoms with Gasteiger partial charge in [-0.3, -0.25) is 37.3 Å². The fourth-order valence-electron chi connectivity index (χ4n) is 11.9. The van der Waals surface area contributed by atoms with Crippen molar-refractivity contribution in [3.63, 3.8) is 0 Å². The average Bonchev–Trinajstić information content (AvgIpc) is 0.924. The highest BCUT2D eigenvalue weighted by Gasteiger charge is 2.30. The number of phosphoric ester groups is 2. The zero-order chi connectivity index (χ0) is 74.8. The van der Waals surface area contributed by atoms with Gasteiger partial charge in [-0.1, -0.05) is 340 Å². The number of rotatable bonds is 79. The van der Waals surface area contributed by atoms with Gasteiger partial charge >= 0.3 is 39.5 Å². The molecule has 17 nitrogen and oxygen atoms in total. The van der Waals surface area contributed by atoms with E-state index in [-0.39, 0.29) is 25.7 Å². The molecule has 102 heavy (non-hydrogen) atoms.